The Kier molecular flexibility index (Phi) is 2.28. The molecule has 0 atom stereocenters. The van der Waals surface area contributed by atoms with E-state index in [4.69, 9.17) is 5.84 Å². The van der Waals surface area contributed by atoms with Gasteiger partial charge in [-0.05, 0) is 5.21 Å². The van der Waals surface area contributed by atoms with Crippen LogP contribution in [-0.2, 0) is 4.79 Å². The number of nitrogens with zero attached hydrogens (tertiary/aromatic N) is 5. The minimum atomic E-state index is -0.292. The Labute approximate surface area is 81.4 Å². The predicted molar refractivity (Wildman–Crippen MR) is 46.0 cm³/mol. The van der Waals surface area contributed by atoms with E-state index in [0.717, 1.165) is 11.8 Å². The van der Waals surface area contributed by atoms with Crippen LogP contribution in [0.25, 0.3) is 5.78 Å². The third-order valence-corrected chi connectivity index (χ3v) is 2.18. The Morgan fingerprint density at radius 3 is 3.29 bits per heavy atom. The fourth-order valence-electron chi connectivity index (χ4n) is 0.760. The maximum atomic E-state index is 10.8. The average Bonchev–Trinajstić information content (AvgIpc) is 2.73. The van der Waals surface area contributed by atoms with Crippen molar-refractivity contribution in [1.82, 2.24) is 35.7 Å². The van der Waals surface area contributed by atoms with Gasteiger partial charge in [-0.25, -0.2) is 5.84 Å². The fraction of sp³-hybridized carbons (Fsp3) is 0.250. The molecular weight excluding hydrogens is 208 g/mol. The zero-order valence-electron chi connectivity index (χ0n) is 6.84. The summed E-state index contributed by atoms with van der Waals surface area (Å²) in [7, 11) is 0. The Hall–Kier alpha value is -1.68. The number of rotatable bonds is 3. The molecule has 2 heterocycles. The van der Waals surface area contributed by atoms with Crippen LogP contribution in [0.15, 0.2) is 5.16 Å². The highest BCUT2D eigenvalue weighted by atomic mass is 32.2. The summed E-state index contributed by atoms with van der Waals surface area (Å²) in [6.45, 7) is 0. The summed E-state index contributed by atoms with van der Waals surface area (Å²) >= 11 is 1.16. The van der Waals surface area contributed by atoms with E-state index in [1.807, 2.05) is 5.43 Å². The van der Waals surface area contributed by atoms with Gasteiger partial charge in [-0.15, -0.1) is 9.73 Å². The number of nitrogens with two attached hydrogens (primary N) is 1. The molecule has 74 valence electrons. The van der Waals surface area contributed by atoms with Crippen molar-refractivity contribution >= 4 is 23.4 Å². The molecule has 9 nitrogen and oxygen atoms in total. The number of nitrogens with one attached hydrogen (secondary N) is 2. The quantitative estimate of drug-likeness (QED) is 0.232. The molecule has 0 unspecified atom stereocenters. The third-order valence-electron chi connectivity index (χ3n) is 1.34. The van der Waals surface area contributed by atoms with Gasteiger partial charge in [0.15, 0.2) is 0 Å². The lowest BCUT2D eigenvalue weighted by molar-refractivity contribution is -0.118. The van der Waals surface area contributed by atoms with Gasteiger partial charge in [0.25, 0.3) is 5.78 Å². The molecule has 1 amide bonds. The molecular formula is C4H6N8OS. The summed E-state index contributed by atoms with van der Waals surface area (Å²) in [5, 5.41) is 14.0. The number of tetrazole rings is 1. The van der Waals surface area contributed by atoms with Gasteiger partial charge in [0.1, 0.15) is 0 Å². The zero-order chi connectivity index (χ0) is 9.97. The van der Waals surface area contributed by atoms with Gasteiger partial charge in [-0.3, -0.25) is 10.2 Å². The molecule has 0 fully saturated rings. The maximum absolute atomic E-state index is 10.8. The van der Waals surface area contributed by atoms with Crippen LogP contribution in [0.1, 0.15) is 0 Å². The Balaban J connectivity index is 2.05. The molecule has 10 heteroatoms. The molecule has 0 saturated heterocycles. The predicted octanol–water partition coefficient (Wildman–Crippen LogP) is -2.07. The van der Waals surface area contributed by atoms with Crippen LogP contribution in [-0.4, -0.2) is 41.9 Å². The Morgan fingerprint density at radius 1 is 1.71 bits per heavy atom. The summed E-state index contributed by atoms with van der Waals surface area (Å²) in [5.41, 5.74) is 2.00. The standard InChI is InChI=1S/C4H6N8OS/c5-7-2(13)1-14-4-6-3-8-10-11-12(3)9-4/h1,5H2,(H,7,13)(H,6,8,9,11). The average molecular weight is 214 g/mol. The number of hydrogen-bond donors (Lipinski definition) is 3. The van der Waals surface area contributed by atoms with E-state index >= 15 is 0 Å². The van der Waals surface area contributed by atoms with Gasteiger partial charge in [-0.2, -0.15) is 10.2 Å². The van der Waals surface area contributed by atoms with Crippen molar-refractivity contribution in [2.45, 2.75) is 5.16 Å². The monoisotopic (exact) mass is 214 g/mol. The largest absolute Gasteiger partial charge is 0.294 e. The molecule has 4 N–H and O–H groups in total. The first-order valence-corrected chi connectivity index (χ1v) is 4.54. The molecule has 0 aliphatic rings. The van der Waals surface area contributed by atoms with Gasteiger partial charge in [0, 0.05) is 0 Å². The summed E-state index contributed by atoms with van der Waals surface area (Å²) in [6, 6.07) is 0. The molecule has 0 bridgehead atoms. The summed E-state index contributed by atoms with van der Waals surface area (Å²) in [5.74, 6) is 5.14. The second-order valence-electron chi connectivity index (χ2n) is 2.26. The van der Waals surface area contributed by atoms with E-state index in [0.29, 0.717) is 10.9 Å². The summed E-state index contributed by atoms with van der Waals surface area (Å²) in [4.78, 5) is 14.8. The number of hydrazine groups is 1. The molecule has 0 aromatic carbocycles. The van der Waals surface area contributed by atoms with Crippen molar-refractivity contribution in [3.05, 3.63) is 0 Å². The van der Waals surface area contributed by atoms with Crippen LogP contribution in [0.2, 0.25) is 0 Å². The molecule has 2 rings (SSSR count). The van der Waals surface area contributed by atoms with Gasteiger partial charge < -0.3 is 0 Å². The first kappa shape index (κ1) is 8.90. The van der Waals surface area contributed by atoms with Crippen molar-refractivity contribution in [3.8, 4) is 0 Å². The molecule has 0 saturated carbocycles. The zero-order valence-corrected chi connectivity index (χ0v) is 7.65. The maximum Gasteiger partial charge on any atom is 0.291 e. The molecule has 2 aromatic rings. The lowest BCUT2D eigenvalue weighted by Gasteiger charge is -1.94. The number of carbonyl (C=O) groups excluding carboxylic acids is 1. The van der Waals surface area contributed by atoms with Crippen LogP contribution < -0.4 is 11.3 Å². The normalized spacial score (nSPS) is 10.6. The highest BCUT2D eigenvalue weighted by Crippen LogP contribution is 2.11. The minimum absolute atomic E-state index is 0.164. The highest BCUT2D eigenvalue weighted by Gasteiger charge is 2.08. The highest BCUT2D eigenvalue weighted by molar-refractivity contribution is 7.99. The number of amides is 1. The minimum Gasteiger partial charge on any atom is -0.294 e. The van der Waals surface area contributed by atoms with Crippen molar-refractivity contribution in [3.63, 3.8) is 0 Å². The van der Waals surface area contributed by atoms with Crippen LogP contribution in [0.4, 0.5) is 0 Å². The van der Waals surface area contributed by atoms with E-state index in [1.165, 1.54) is 4.63 Å². The SMILES string of the molecule is NNC(=O)CSc1nc2nn[nH]n2n1. The number of carbonyl (C=O) groups is 1. The van der Waals surface area contributed by atoms with Crippen LogP contribution >= 0.6 is 11.8 Å². The van der Waals surface area contributed by atoms with Gasteiger partial charge in [-0.1, -0.05) is 16.9 Å². The first-order valence-electron chi connectivity index (χ1n) is 3.55. The number of thioether (sulfide) groups is 1. The van der Waals surface area contributed by atoms with E-state index in [9.17, 15) is 4.79 Å². The second kappa shape index (κ2) is 3.59. The number of aromatic amines is 1. The smallest absolute Gasteiger partial charge is 0.291 e. The Morgan fingerprint density at radius 2 is 2.57 bits per heavy atom. The van der Waals surface area contributed by atoms with Crippen LogP contribution in [0.5, 0.6) is 0 Å². The van der Waals surface area contributed by atoms with E-state index in [-0.39, 0.29) is 11.7 Å². The lowest BCUT2D eigenvalue weighted by atomic mass is 10.8. The van der Waals surface area contributed by atoms with Crippen LogP contribution in [0, 0.1) is 0 Å². The molecule has 2 aromatic heterocycles. The van der Waals surface area contributed by atoms with Crippen LogP contribution in [0.3, 0.4) is 0 Å². The lowest BCUT2D eigenvalue weighted by Crippen LogP contribution is -2.31. The summed E-state index contributed by atoms with van der Waals surface area (Å²) < 4.78 is 1.31. The van der Waals surface area contributed by atoms with Gasteiger partial charge in [0.2, 0.25) is 11.1 Å². The van der Waals surface area contributed by atoms with Gasteiger partial charge in [0.05, 0.1) is 5.75 Å². The molecule has 0 radical (unpaired) electrons. The molecule has 14 heavy (non-hydrogen) atoms. The number of fused-ring (bicyclic) bond motifs is 1. The fourth-order valence-corrected chi connectivity index (χ4v) is 1.39. The first-order chi connectivity index (χ1) is 6.79. The molecule has 0 aliphatic carbocycles. The number of aromatic nitrogens is 6. The van der Waals surface area contributed by atoms with Crippen molar-refractivity contribution < 1.29 is 4.79 Å². The van der Waals surface area contributed by atoms with Crippen molar-refractivity contribution in [2.24, 2.45) is 5.84 Å². The Bertz CT molecular complexity index is 418. The van der Waals surface area contributed by atoms with Gasteiger partial charge >= 0.3 is 0 Å². The molecule has 0 aliphatic heterocycles. The summed E-state index contributed by atoms with van der Waals surface area (Å²) in [6.07, 6.45) is 0. The third kappa shape index (κ3) is 1.65. The van der Waals surface area contributed by atoms with Crippen molar-refractivity contribution in [2.75, 3.05) is 5.75 Å². The van der Waals surface area contributed by atoms with Crippen molar-refractivity contribution in [1.29, 1.82) is 0 Å². The topological polar surface area (TPSA) is 127 Å². The van der Waals surface area contributed by atoms with E-state index < -0.39 is 0 Å². The second-order valence-corrected chi connectivity index (χ2v) is 3.20. The number of hydrogen-bond acceptors (Lipinski definition) is 7. The van der Waals surface area contributed by atoms with E-state index in [2.05, 4.69) is 25.6 Å². The molecule has 0 spiro atoms. The van der Waals surface area contributed by atoms with E-state index in [1.54, 1.807) is 0 Å². The number of H-pyrrole nitrogens is 1.